The summed E-state index contributed by atoms with van der Waals surface area (Å²) in [4.78, 5) is 2.49. The van der Waals surface area contributed by atoms with Gasteiger partial charge in [0.25, 0.3) is 0 Å². The Morgan fingerprint density at radius 3 is 2.75 bits per heavy atom. The second-order valence-corrected chi connectivity index (χ2v) is 5.84. The van der Waals surface area contributed by atoms with Crippen molar-refractivity contribution in [3.63, 3.8) is 0 Å². The van der Waals surface area contributed by atoms with E-state index >= 15 is 0 Å². The zero-order chi connectivity index (χ0) is 14.4. The minimum absolute atomic E-state index is 0.712. The lowest BCUT2D eigenvalue weighted by atomic mass is 9.78. The average molecular weight is 276 g/mol. The van der Waals surface area contributed by atoms with Crippen LogP contribution in [-0.4, -0.2) is 38.2 Å². The summed E-state index contributed by atoms with van der Waals surface area (Å²) in [7, 11) is 3.99. The van der Waals surface area contributed by atoms with Gasteiger partial charge in [0.05, 0.1) is 7.11 Å². The quantitative estimate of drug-likeness (QED) is 0.739. The molecular formula is C17H28N2O. The molecule has 0 radical (unpaired) electrons. The molecule has 2 rings (SSSR count). The lowest BCUT2D eigenvalue weighted by Crippen LogP contribution is -2.48. The third kappa shape index (κ3) is 3.74. The molecule has 1 aliphatic carbocycles. The number of hydrogen-bond acceptors (Lipinski definition) is 3. The fraction of sp³-hybridized carbons (Fsp3) is 0.647. The molecule has 3 heteroatoms. The van der Waals surface area contributed by atoms with Gasteiger partial charge >= 0.3 is 0 Å². The van der Waals surface area contributed by atoms with E-state index in [-0.39, 0.29) is 0 Å². The molecule has 20 heavy (non-hydrogen) atoms. The molecule has 0 aliphatic heterocycles. The molecule has 0 heterocycles. The zero-order valence-electron chi connectivity index (χ0n) is 13.1. The molecule has 2 unspecified atom stereocenters. The molecule has 0 amide bonds. The number of hydrogen-bond donors (Lipinski definition) is 1. The lowest BCUT2D eigenvalue weighted by Gasteiger charge is -2.43. The summed E-state index contributed by atoms with van der Waals surface area (Å²) >= 11 is 0. The topological polar surface area (TPSA) is 24.5 Å². The summed E-state index contributed by atoms with van der Waals surface area (Å²) in [6.07, 6.45) is 3.90. The maximum absolute atomic E-state index is 5.44. The van der Waals surface area contributed by atoms with Crippen LogP contribution in [-0.2, 0) is 6.54 Å². The van der Waals surface area contributed by atoms with Crippen LogP contribution in [0, 0.1) is 5.92 Å². The molecule has 0 aromatic heterocycles. The van der Waals surface area contributed by atoms with E-state index in [2.05, 4.69) is 36.3 Å². The third-order valence-electron chi connectivity index (χ3n) is 4.39. The van der Waals surface area contributed by atoms with Gasteiger partial charge in [-0.05, 0) is 51.4 Å². The van der Waals surface area contributed by atoms with Crippen molar-refractivity contribution >= 4 is 0 Å². The van der Waals surface area contributed by atoms with E-state index in [9.17, 15) is 0 Å². The molecule has 1 saturated carbocycles. The molecule has 2 atom stereocenters. The standard InChI is InChI=1S/C17H28N2O/c1-4-11-18-12-14-9-10-16(14)19(2)13-15-7-5-6-8-17(15)20-3/h5-8,14,16,18H,4,9-13H2,1-3H3. The second kappa shape index (κ2) is 7.65. The Kier molecular flexibility index (Phi) is 5.86. The van der Waals surface area contributed by atoms with Crippen molar-refractivity contribution in [2.75, 3.05) is 27.2 Å². The van der Waals surface area contributed by atoms with Crippen molar-refractivity contribution in [3.8, 4) is 5.75 Å². The number of para-hydroxylation sites is 1. The van der Waals surface area contributed by atoms with Crippen LogP contribution in [0.5, 0.6) is 5.75 Å². The van der Waals surface area contributed by atoms with Gasteiger partial charge in [0.2, 0.25) is 0 Å². The number of nitrogens with one attached hydrogen (secondary N) is 1. The Morgan fingerprint density at radius 1 is 1.30 bits per heavy atom. The fourth-order valence-electron chi connectivity index (χ4n) is 3.05. The van der Waals surface area contributed by atoms with Crippen molar-refractivity contribution in [2.24, 2.45) is 5.92 Å². The van der Waals surface area contributed by atoms with E-state index < -0.39 is 0 Å². The van der Waals surface area contributed by atoms with Crippen LogP contribution in [0.1, 0.15) is 31.7 Å². The van der Waals surface area contributed by atoms with Gasteiger partial charge in [0.15, 0.2) is 0 Å². The van der Waals surface area contributed by atoms with Crippen LogP contribution in [0.4, 0.5) is 0 Å². The van der Waals surface area contributed by atoms with Crippen LogP contribution in [0.2, 0.25) is 0 Å². The summed E-state index contributed by atoms with van der Waals surface area (Å²) < 4.78 is 5.44. The van der Waals surface area contributed by atoms with Crippen LogP contribution in [0.3, 0.4) is 0 Å². The minimum Gasteiger partial charge on any atom is -0.496 e. The fourth-order valence-corrected chi connectivity index (χ4v) is 3.05. The average Bonchev–Trinajstić information content (AvgIpc) is 2.43. The lowest BCUT2D eigenvalue weighted by molar-refractivity contribution is 0.0776. The van der Waals surface area contributed by atoms with Crippen molar-refractivity contribution < 1.29 is 4.74 Å². The van der Waals surface area contributed by atoms with Gasteiger partial charge in [0, 0.05) is 18.2 Å². The molecular weight excluding hydrogens is 248 g/mol. The van der Waals surface area contributed by atoms with E-state index in [1.165, 1.54) is 24.8 Å². The minimum atomic E-state index is 0.712. The van der Waals surface area contributed by atoms with E-state index in [1.54, 1.807) is 7.11 Å². The number of benzene rings is 1. The first-order chi connectivity index (χ1) is 9.76. The van der Waals surface area contributed by atoms with Crippen molar-refractivity contribution in [2.45, 2.75) is 38.8 Å². The van der Waals surface area contributed by atoms with Crippen LogP contribution >= 0.6 is 0 Å². The Morgan fingerprint density at radius 2 is 2.10 bits per heavy atom. The zero-order valence-corrected chi connectivity index (χ0v) is 13.1. The molecule has 1 aromatic rings. The first-order valence-corrected chi connectivity index (χ1v) is 7.79. The van der Waals surface area contributed by atoms with Crippen LogP contribution in [0.15, 0.2) is 24.3 Å². The summed E-state index contributed by atoms with van der Waals surface area (Å²) in [6, 6.07) is 9.04. The van der Waals surface area contributed by atoms with E-state index in [0.29, 0.717) is 6.04 Å². The molecule has 1 fully saturated rings. The van der Waals surface area contributed by atoms with Crippen molar-refractivity contribution in [1.29, 1.82) is 0 Å². The highest BCUT2D eigenvalue weighted by molar-refractivity contribution is 5.33. The van der Waals surface area contributed by atoms with E-state index in [1.807, 2.05) is 12.1 Å². The van der Waals surface area contributed by atoms with Gasteiger partial charge in [0.1, 0.15) is 5.75 Å². The smallest absolute Gasteiger partial charge is 0.123 e. The molecule has 0 spiro atoms. The van der Waals surface area contributed by atoms with E-state index in [4.69, 9.17) is 4.74 Å². The van der Waals surface area contributed by atoms with Gasteiger partial charge in [-0.3, -0.25) is 4.90 Å². The molecule has 0 bridgehead atoms. The second-order valence-electron chi connectivity index (χ2n) is 5.84. The Bertz CT molecular complexity index is 408. The Hall–Kier alpha value is -1.06. The number of nitrogens with zero attached hydrogens (tertiary/aromatic N) is 1. The Balaban J connectivity index is 1.86. The molecule has 1 aromatic carbocycles. The molecule has 0 saturated heterocycles. The first-order valence-electron chi connectivity index (χ1n) is 7.79. The predicted molar refractivity (Wildman–Crippen MR) is 84.1 cm³/mol. The van der Waals surface area contributed by atoms with E-state index in [0.717, 1.165) is 31.3 Å². The highest BCUT2D eigenvalue weighted by Crippen LogP contribution is 2.32. The van der Waals surface area contributed by atoms with Gasteiger partial charge in [-0.2, -0.15) is 0 Å². The van der Waals surface area contributed by atoms with Gasteiger partial charge in [-0.15, -0.1) is 0 Å². The largest absolute Gasteiger partial charge is 0.496 e. The number of methoxy groups -OCH3 is 1. The van der Waals surface area contributed by atoms with Crippen molar-refractivity contribution in [1.82, 2.24) is 10.2 Å². The van der Waals surface area contributed by atoms with Crippen LogP contribution in [0.25, 0.3) is 0 Å². The van der Waals surface area contributed by atoms with Crippen LogP contribution < -0.4 is 10.1 Å². The molecule has 1 N–H and O–H groups in total. The predicted octanol–water partition coefficient (Wildman–Crippen LogP) is 2.91. The summed E-state index contributed by atoms with van der Waals surface area (Å²) in [5.41, 5.74) is 1.28. The maximum atomic E-state index is 5.44. The summed E-state index contributed by atoms with van der Waals surface area (Å²) in [6.45, 7) is 5.49. The number of rotatable bonds is 8. The first kappa shape index (κ1) is 15.3. The number of ether oxygens (including phenoxy) is 1. The Labute approximate surface area is 123 Å². The highest BCUT2D eigenvalue weighted by Gasteiger charge is 2.33. The molecule has 3 nitrogen and oxygen atoms in total. The van der Waals surface area contributed by atoms with Gasteiger partial charge in [-0.1, -0.05) is 25.1 Å². The SMILES string of the molecule is CCCNCC1CCC1N(C)Cc1ccccc1OC. The summed E-state index contributed by atoms with van der Waals surface area (Å²) in [5, 5.41) is 3.56. The highest BCUT2D eigenvalue weighted by atomic mass is 16.5. The van der Waals surface area contributed by atoms with Crippen molar-refractivity contribution in [3.05, 3.63) is 29.8 Å². The normalized spacial score (nSPS) is 21.8. The third-order valence-corrected chi connectivity index (χ3v) is 4.39. The monoisotopic (exact) mass is 276 g/mol. The molecule has 112 valence electrons. The molecule has 1 aliphatic rings. The summed E-state index contributed by atoms with van der Waals surface area (Å²) in [5.74, 6) is 1.81. The van der Waals surface area contributed by atoms with Gasteiger partial charge < -0.3 is 10.1 Å². The maximum Gasteiger partial charge on any atom is 0.123 e. The van der Waals surface area contributed by atoms with Gasteiger partial charge in [-0.25, -0.2) is 0 Å².